The van der Waals surface area contributed by atoms with E-state index in [9.17, 15) is 9.59 Å². The van der Waals surface area contributed by atoms with Crippen LogP contribution in [0.1, 0.15) is 39.2 Å². The summed E-state index contributed by atoms with van der Waals surface area (Å²) >= 11 is 5.83. The molecule has 2 N–H and O–H groups in total. The number of carbonyl (C=O) groups excluding carboxylic acids is 2. The molecular weight excluding hydrogens is 300 g/mol. The molecule has 22 heavy (non-hydrogen) atoms. The molecule has 0 unspecified atom stereocenters. The van der Waals surface area contributed by atoms with Crippen LogP contribution in [-0.2, 0) is 16.0 Å². The number of halogens is 1. The zero-order valence-corrected chi connectivity index (χ0v) is 14.3. The highest BCUT2D eigenvalue weighted by Gasteiger charge is 2.35. The largest absolute Gasteiger partial charge is 0.355 e. The molecule has 122 valence electrons. The van der Waals surface area contributed by atoms with Crippen molar-refractivity contribution in [2.45, 2.75) is 40.0 Å². The van der Waals surface area contributed by atoms with E-state index >= 15 is 0 Å². The highest BCUT2D eigenvalue weighted by atomic mass is 35.5. The maximum Gasteiger partial charge on any atom is 0.235 e. The second-order valence-electron chi connectivity index (χ2n) is 5.87. The minimum atomic E-state index is -1.06. The number of carbonyl (C=O) groups is 2. The molecule has 4 nitrogen and oxygen atoms in total. The fraction of sp³-hybridized carbons (Fsp3) is 0.529. The van der Waals surface area contributed by atoms with Gasteiger partial charge < -0.3 is 10.6 Å². The third kappa shape index (κ3) is 5.68. The van der Waals surface area contributed by atoms with Crippen molar-refractivity contribution in [3.63, 3.8) is 0 Å². The van der Waals surface area contributed by atoms with Crippen molar-refractivity contribution in [1.82, 2.24) is 10.6 Å². The van der Waals surface area contributed by atoms with E-state index < -0.39 is 5.41 Å². The van der Waals surface area contributed by atoms with E-state index in [0.717, 1.165) is 18.4 Å². The third-order valence-corrected chi connectivity index (χ3v) is 3.82. The minimum Gasteiger partial charge on any atom is -0.355 e. The highest BCUT2D eigenvalue weighted by Crippen LogP contribution is 2.15. The molecule has 1 aromatic rings. The first-order valence-corrected chi connectivity index (χ1v) is 8.06. The molecule has 0 atom stereocenters. The predicted molar refractivity (Wildman–Crippen MR) is 89.9 cm³/mol. The van der Waals surface area contributed by atoms with Crippen LogP contribution in [0, 0.1) is 5.41 Å². The first-order valence-electron chi connectivity index (χ1n) is 7.69. The molecule has 2 amide bonds. The first-order chi connectivity index (χ1) is 10.4. The van der Waals surface area contributed by atoms with Gasteiger partial charge in [-0.25, -0.2) is 0 Å². The van der Waals surface area contributed by atoms with Crippen molar-refractivity contribution in [1.29, 1.82) is 0 Å². The summed E-state index contributed by atoms with van der Waals surface area (Å²) < 4.78 is 0. The maximum atomic E-state index is 12.2. The molecule has 0 heterocycles. The molecule has 1 aromatic carbocycles. The van der Waals surface area contributed by atoms with E-state index in [1.807, 2.05) is 24.3 Å². The van der Waals surface area contributed by atoms with Crippen LogP contribution in [0.3, 0.4) is 0 Å². The molecular formula is C17H25ClN2O2. The molecule has 1 rings (SSSR count). The van der Waals surface area contributed by atoms with Crippen molar-refractivity contribution >= 4 is 23.4 Å². The average Bonchev–Trinajstić information content (AvgIpc) is 2.49. The molecule has 0 aliphatic rings. The number of benzene rings is 1. The summed E-state index contributed by atoms with van der Waals surface area (Å²) in [5.74, 6) is -0.486. The van der Waals surface area contributed by atoms with E-state index in [1.165, 1.54) is 0 Å². The molecule has 5 heteroatoms. The number of unbranched alkanes of at least 4 members (excludes halogenated alkanes) is 1. The molecule has 0 aliphatic carbocycles. The molecule has 0 saturated heterocycles. The smallest absolute Gasteiger partial charge is 0.235 e. The fourth-order valence-corrected chi connectivity index (χ4v) is 2.02. The second-order valence-corrected chi connectivity index (χ2v) is 6.30. The van der Waals surface area contributed by atoms with Gasteiger partial charge >= 0.3 is 0 Å². The van der Waals surface area contributed by atoms with Gasteiger partial charge in [0.05, 0.1) is 0 Å². The molecule has 0 aliphatic heterocycles. The van der Waals surface area contributed by atoms with Gasteiger partial charge in [0.25, 0.3) is 0 Å². The lowest BCUT2D eigenvalue weighted by Crippen LogP contribution is -2.48. The van der Waals surface area contributed by atoms with Crippen LogP contribution in [0.2, 0.25) is 5.02 Å². The van der Waals surface area contributed by atoms with Gasteiger partial charge in [-0.2, -0.15) is 0 Å². The summed E-state index contributed by atoms with van der Waals surface area (Å²) in [6.07, 6.45) is 2.63. The number of rotatable bonds is 8. The third-order valence-electron chi connectivity index (χ3n) is 3.56. The summed E-state index contributed by atoms with van der Waals surface area (Å²) in [5, 5.41) is 6.32. The van der Waals surface area contributed by atoms with E-state index in [4.69, 9.17) is 11.6 Å². The Morgan fingerprint density at radius 2 is 1.59 bits per heavy atom. The number of hydrogen-bond donors (Lipinski definition) is 2. The number of nitrogens with one attached hydrogen (secondary N) is 2. The van der Waals surface area contributed by atoms with Crippen molar-refractivity contribution in [3.8, 4) is 0 Å². The van der Waals surface area contributed by atoms with Gasteiger partial charge in [-0.05, 0) is 44.4 Å². The van der Waals surface area contributed by atoms with Crippen molar-refractivity contribution in [3.05, 3.63) is 34.9 Å². The fourth-order valence-electron chi connectivity index (χ4n) is 1.90. The number of hydrogen-bond acceptors (Lipinski definition) is 2. The van der Waals surface area contributed by atoms with Crippen molar-refractivity contribution < 1.29 is 9.59 Å². The van der Waals surface area contributed by atoms with Gasteiger partial charge in [-0.3, -0.25) is 9.59 Å². The summed E-state index contributed by atoms with van der Waals surface area (Å²) in [6, 6.07) is 7.50. The molecule has 0 fully saturated rings. The predicted octanol–water partition coefficient (Wildman–Crippen LogP) is 2.94. The van der Waals surface area contributed by atoms with Crippen LogP contribution in [0.25, 0.3) is 0 Å². The standard InChI is InChI=1S/C17H25ClN2O2/c1-4-5-11-19-15(21)17(2,3)16(22)20-12-10-13-6-8-14(18)9-7-13/h6-9H,4-5,10-12H2,1-3H3,(H,19,21)(H,20,22). The molecule has 0 bridgehead atoms. The summed E-state index contributed by atoms with van der Waals surface area (Å²) in [7, 11) is 0. The normalized spacial score (nSPS) is 11.1. The maximum absolute atomic E-state index is 12.2. The quantitative estimate of drug-likeness (QED) is 0.570. The van der Waals surface area contributed by atoms with Gasteiger partial charge in [-0.1, -0.05) is 37.1 Å². The zero-order chi connectivity index (χ0) is 16.6. The van der Waals surface area contributed by atoms with Gasteiger partial charge in [-0.15, -0.1) is 0 Å². The monoisotopic (exact) mass is 324 g/mol. The van der Waals surface area contributed by atoms with Crippen LogP contribution in [0.15, 0.2) is 24.3 Å². The lowest BCUT2D eigenvalue weighted by molar-refractivity contribution is -0.141. The highest BCUT2D eigenvalue weighted by molar-refractivity contribution is 6.30. The Hall–Kier alpha value is -1.55. The van der Waals surface area contributed by atoms with Crippen LogP contribution in [-0.4, -0.2) is 24.9 Å². The molecule has 0 aromatic heterocycles. The number of amides is 2. The zero-order valence-electron chi connectivity index (χ0n) is 13.5. The van der Waals surface area contributed by atoms with Gasteiger partial charge in [0.15, 0.2) is 0 Å². The van der Waals surface area contributed by atoms with Crippen LogP contribution in [0.5, 0.6) is 0 Å². The van der Waals surface area contributed by atoms with Crippen LogP contribution >= 0.6 is 11.6 Å². The summed E-state index contributed by atoms with van der Waals surface area (Å²) in [6.45, 7) is 6.45. The first kappa shape index (κ1) is 18.5. The average molecular weight is 325 g/mol. The van der Waals surface area contributed by atoms with Gasteiger partial charge in [0.2, 0.25) is 11.8 Å². The molecule has 0 spiro atoms. The van der Waals surface area contributed by atoms with Crippen molar-refractivity contribution in [2.75, 3.05) is 13.1 Å². The topological polar surface area (TPSA) is 58.2 Å². The summed E-state index contributed by atoms with van der Waals surface area (Å²) in [5.41, 5.74) is 0.0307. The Balaban J connectivity index is 2.42. The van der Waals surface area contributed by atoms with E-state index in [0.29, 0.717) is 24.5 Å². The van der Waals surface area contributed by atoms with Crippen molar-refractivity contribution in [2.24, 2.45) is 5.41 Å². The Bertz CT molecular complexity index is 498. The SMILES string of the molecule is CCCCNC(=O)C(C)(C)C(=O)NCCc1ccc(Cl)cc1. The second kappa shape index (κ2) is 8.79. The van der Waals surface area contributed by atoms with E-state index in [1.54, 1.807) is 13.8 Å². The molecule has 0 radical (unpaired) electrons. The van der Waals surface area contributed by atoms with Gasteiger partial charge in [0.1, 0.15) is 5.41 Å². The lowest BCUT2D eigenvalue weighted by atomic mass is 9.91. The Morgan fingerprint density at radius 1 is 1.05 bits per heavy atom. The van der Waals surface area contributed by atoms with Gasteiger partial charge in [0, 0.05) is 18.1 Å². The lowest BCUT2D eigenvalue weighted by Gasteiger charge is -2.22. The van der Waals surface area contributed by atoms with E-state index in [-0.39, 0.29) is 11.8 Å². The Labute approximate surface area is 137 Å². The molecule has 0 saturated carbocycles. The van der Waals surface area contributed by atoms with E-state index in [2.05, 4.69) is 17.6 Å². The summed E-state index contributed by atoms with van der Waals surface area (Å²) in [4.78, 5) is 24.3. The Kier molecular flexibility index (Phi) is 7.39. The Morgan fingerprint density at radius 3 is 2.14 bits per heavy atom. The minimum absolute atomic E-state index is 0.232. The van der Waals surface area contributed by atoms with Crippen LogP contribution in [0.4, 0.5) is 0 Å². The van der Waals surface area contributed by atoms with Crippen LogP contribution < -0.4 is 10.6 Å².